The Morgan fingerprint density at radius 2 is 1.88 bits per heavy atom. The van der Waals surface area contributed by atoms with Gasteiger partial charge in [0.1, 0.15) is 5.76 Å². The van der Waals surface area contributed by atoms with E-state index in [0.29, 0.717) is 36.6 Å². The second-order valence-electron chi connectivity index (χ2n) is 9.21. The van der Waals surface area contributed by atoms with Crippen LogP contribution in [0, 0.1) is 6.92 Å². The highest BCUT2D eigenvalue weighted by molar-refractivity contribution is 9.10. The van der Waals surface area contributed by atoms with Crippen molar-refractivity contribution < 1.29 is 13.9 Å². The zero-order valence-electron chi connectivity index (χ0n) is 22.5. The first-order valence-corrected chi connectivity index (χ1v) is 15.5. The van der Waals surface area contributed by atoms with E-state index in [1.165, 1.54) is 23.1 Å². The van der Waals surface area contributed by atoms with Crippen LogP contribution in [-0.2, 0) is 9.53 Å². The van der Waals surface area contributed by atoms with Gasteiger partial charge in [-0.2, -0.15) is 0 Å². The molecule has 1 aliphatic rings. The van der Waals surface area contributed by atoms with Crippen LogP contribution in [-0.4, -0.2) is 27.1 Å². The predicted octanol–water partition coefficient (Wildman–Crippen LogP) is 5.54. The number of aromatic nitrogens is 3. The fourth-order valence-electron chi connectivity index (χ4n) is 4.59. The van der Waals surface area contributed by atoms with Crippen LogP contribution in [0.25, 0.3) is 11.8 Å². The number of fused-ring (bicyclic) bond motifs is 1. The Hall–Kier alpha value is -4.06. The Labute approximate surface area is 257 Å². The normalized spacial score (nSPS) is 14.9. The molecule has 0 N–H and O–H groups in total. The summed E-state index contributed by atoms with van der Waals surface area (Å²) in [4.78, 5) is 41.6. The number of esters is 1. The molecule has 4 heterocycles. The maximum Gasteiger partial charge on any atom is 0.338 e. The van der Waals surface area contributed by atoms with Crippen molar-refractivity contribution in [3.63, 3.8) is 0 Å². The first-order chi connectivity index (χ1) is 20.4. The molecular weight excluding hydrogens is 636 g/mol. The third kappa shape index (κ3) is 5.55. The van der Waals surface area contributed by atoms with Crippen molar-refractivity contribution in [1.29, 1.82) is 0 Å². The van der Waals surface area contributed by atoms with Gasteiger partial charge in [0, 0.05) is 23.5 Å². The van der Waals surface area contributed by atoms with Crippen molar-refractivity contribution in [3.8, 4) is 0 Å². The van der Waals surface area contributed by atoms with Crippen molar-refractivity contribution in [1.82, 2.24) is 14.5 Å². The molecule has 3 aromatic heterocycles. The molecule has 11 heteroatoms. The Morgan fingerprint density at radius 3 is 2.60 bits per heavy atom. The molecule has 0 aliphatic carbocycles. The van der Waals surface area contributed by atoms with E-state index in [0.717, 1.165) is 21.3 Å². The maximum atomic E-state index is 14.0. The summed E-state index contributed by atoms with van der Waals surface area (Å²) < 4.78 is 14.3. The number of aryl methyl sites for hydroxylation is 1. The zero-order chi connectivity index (χ0) is 29.2. The molecule has 5 aromatic rings. The van der Waals surface area contributed by atoms with Crippen molar-refractivity contribution in [2.45, 2.75) is 30.1 Å². The van der Waals surface area contributed by atoms with Gasteiger partial charge >= 0.3 is 5.97 Å². The number of furan rings is 1. The molecule has 0 spiro atoms. The van der Waals surface area contributed by atoms with Gasteiger partial charge in [0.05, 0.1) is 32.9 Å². The molecule has 0 fully saturated rings. The molecular formula is C31H23BrN4O4S2. The molecule has 0 unspecified atom stereocenters. The van der Waals surface area contributed by atoms with Crippen LogP contribution in [0.5, 0.6) is 0 Å². The van der Waals surface area contributed by atoms with E-state index in [1.54, 1.807) is 29.8 Å². The lowest BCUT2D eigenvalue weighted by molar-refractivity contribution is -0.138. The average molecular weight is 660 g/mol. The molecule has 42 heavy (non-hydrogen) atoms. The monoisotopic (exact) mass is 658 g/mol. The molecule has 0 saturated heterocycles. The highest BCUT2D eigenvalue weighted by Crippen LogP contribution is 2.36. The number of hydrogen-bond acceptors (Lipinski definition) is 9. The van der Waals surface area contributed by atoms with Gasteiger partial charge in [-0.3, -0.25) is 9.36 Å². The van der Waals surface area contributed by atoms with E-state index >= 15 is 0 Å². The minimum Gasteiger partial charge on any atom is -0.463 e. The van der Waals surface area contributed by atoms with Gasteiger partial charge in [0.2, 0.25) is 0 Å². The molecule has 8 nitrogen and oxygen atoms in total. The van der Waals surface area contributed by atoms with Crippen LogP contribution in [0.15, 0.2) is 113 Å². The Kier molecular flexibility index (Phi) is 8.05. The molecule has 0 saturated carbocycles. The minimum atomic E-state index is -0.730. The molecule has 2 aromatic carbocycles. The second kappa shape index (κ2) is 12.0. The summed E-state index contributed by atoms with van der Waals surface area (Å²) in [6.07, 6.45) is 3.38. The lowest BCUT2D eigenvalue weighted by atomic mass is 9.93. The average Bonchev–Trinajstić information content (AvgIpc) is 3.50. The van der Waals surface area contributed by atoms with E-state index in [9.17, 15) is 9.59 Å². The number of benzene rings is 2. The van der Waals surface area contributed by atoms with Gasteiger partial charge in [-0.1, -0.05) is 72.0 Å². The Bertz CT molecular complexity index is 2000. The molecule has 6 rings (SSSR count). The van der Waals surface area contributed by atoms with Crippen LogP contribution in [0.3, 0.4) is 0 Å². The highest BCUT2D eigenvalue weighted by Gasteiger charge is 2.35. The number of rotatable bonds is 7. The van der Waals surface area contributed by atoms with Gasteiger partial charge < -0.3 is 9.15 Å². The van der Waals surface area contributed by atoms with Crippen molar-refractivity contribution >= 4 is 56.8 Å². The van der Waals surface area contributed by atoms with E-state index in [-0.39, 0.29) is 12.2 Å². The third-order valence-electron chi connectivity index (χ3n) is 6.39. The third-order valence-corrected chi connectivity index (χ3v) is 9.10. The molecule has 0 amide bonds. The molecule has 0 radical (unpaired) electrons. The quantitative estimate of drug-likeness (QED) is 0.167. The summed E-state index contributed by atoms with van der Waals surface area (Å²) in [7, 11) is 0. The summed E-state index contributed by atoms with van der Waals surface area (Å²) in [5, 5.41) is 1.12. The number of halogens is 1. The largest absolute Gasteiger partial charge is 0.463 e. The highest BCUT2D eigenvalue weighted by atomic mass is 79.9. The van der Waals surface area contributed by atoms with Gasteiger partial charge in [-0.25, -0.2) is 19.8 Å². The smallest absolute Gasteiger partial charge is 0.338 e. The minimum absolute atomic E-state index is 0.192. The van der Waals surface area contributed by atoms with E-state index in [4.69, 9.17) is 14.1 Å². The van der Waals surface area contributed by atoms with E-state index in [1.807, 2.05) is 73.7 Å². The molecule has 1 aliphatic heterocycles. The first kappa shape index (κ1) is 28.1. The second-order valence-corrected chi connectivity index (χ2v) is 12.0. The van der Waals surface area contributed by atoms with Crippen LogP contribution in [0.1, 0.15) is 35.5 Å². The van der Waals surface area contributed by atoms with Crippen LogP contribution < -0.4 is 14.9 Å². The van der Waals surface area contributed by atoms with E-state index < -0.39 is 12.0 Å². The van der Waals surface area contributed by atoms with Crippen LogP contribution in [0.4, 0.5) is 0 Å². The summed E-state index contributed by atoms with van der Waals surface area (Å²) in [5.41, 5.74) is 2.88. The first-order valence-electron chi connectivity index (χ1n) is 13.0. The standard InChI is InChI=1S/C31H23BrN4O4S2/c1-3-39-28(38)24-25(19-10-6-4-7-11-19)35-31-36(26(24)20-12-8-5-9-13-20)27(37)23(41-31)17-21-16-22(32)29(40-21)42-30-33-15-14-18(2)34-30/h4-17,26H,3H2,1-2H3/b23-17+/t26-/m1/s1. The van der Waals surface area contributed by atoms with Crippen LogP contribution >= 0.6 is 39.0 Å². The predicted molar refractivity (Wildman–Crippen MR) is 165 cm³/mol. The lowest BCUT2D eigenvalue weighted by Gasteiger charge is -2.25. The van der Waals surface area contributed by atoms with Crippen LogP contribution in [0.2, 0.25) is 0 Å². The molecule has 1 atom stereocenters. The van der Waals surface area contributed by atoms with Gasteiger partial charge in [0.25, 0.3) is 5.56 Å². The molecule has 0 bridgehead atoms. The number of thiazole rings is 1. The van der Waals surface area contributed by atoms with Crippen molar-refractivity contribution in [2.75, 3.05) is 6.61 Å². The van der Waals surface area contributed by atoms with Gasteiger partial charge in [-0.05, 0) is 59.2 Å². The Morgan fingerprint density at radius 1 is 1.14 bits per heavy atom. The van der Waals surface area contributed by atoms with Crippen molar-refractivity contribution in [2.24, 2.45) is 4.99 Å². The number of carbonyl (C=O) groups is 1. The number of carbonyl (C=O) groups excluding carboxylic acids is 1. The lowest BCUT2D eigenvalue weighted by Crippen LogP contribution is -2.39. The fourth-order valence-corrected chi connectivity index (χ4v) is 6.88. The van der Waals surface area contributed by atoms with Gasteiger partial charge in [-0.15, -0.1) is 0 Å². The summed E-state index contributed by atoms with van der Waals surface area (Å²) in [5.74, 6) is -0.0373. The fraction of sp³-hybridized carbons (Fsp3) is 0.129. The SMILES string of the molecule is CCOC(=O)C1=C(c2ccccc2)N=c2s/c(=C/c3cc(Br)c(Sc4nccc(C)n4)o3)c(=O)n2[C@@H]1c1ccccc1. The van der Waals surface area contributed by atoms with Gasteiger partial charge in [0.15, 0.2) is 15.1 Å². The number of hydrogen-bond donors (Lipinski definition) is 0. The maximum absolute atomic E-state index is 14.0. The number of nitrogens with zero attached hydrogens (tertiary/aromatic N) is 4. The zero-order valence-corrected chi connectivity index (χ0v) is 25.7. The topological polar surface area (TPSA) is 99.6 Å². The van der Waals surface area contributed by atoms with Crippen molar-refractivity contribution in [3.05, 3.63) is 131 Å². The summed E-state index contributed by atoms with van der Waals surface area (Å²) in [6, 6.07) is 21.8. The number of ether oxygens (including phenoxy) is 1. The van der Waals surface area contributed by atoms with E-state index in [2.05, 4.69) is 25.9 Å². The molecule has 210 valence electrons. The Balaban J connectivity index is 1.52. The summed E-state index contributed by atoms with van der Waals surface area (Å²) >= 11 is 6.07. The summed E-state index contributed by atoms with van der Waals surface area (Å²) in [6.45, 7) is 3.84.